The Morgan fingerprint density at radius 1 is 0.846 bits per heavy atom. The third-order valence-corrected chi connectivity index (χ3v) is 4.52. The predicted molar refractivity (Wildman–Crippen MR) is 96.4 cm³/mol. The SMILES string of the molecule is CCCCCCC/C=C/C[N+](CCC(=O)[O-])(CCC(=O)O)CCC(=O)O. The molecule has 0 aromatic rings. The summed E-state index contributed by atoms with van der Waals surface area (Å²) in [5, 5.41) is 28.8. The number of hydrogen-bond donors (Lipinski definition) is 2. The largest absolute Gasteiger partial charge is 0.550 e. The average molecular weight is 371 g/mol. The summed E-state index contributed by atoms with van der Waals surface area (Å²) in [4.78, 5) is 32.8. The molecule has 0 aliphatic heterocycles. The van der Waals surface area contributed by atoms with E-state index in [-0.39, 0.29) is 43.4 Å². The van der Waals surface area contributed by atoms with Gasteiger partial charge in [0.2, 0.25) is 0 Å². The van der Waals surface area contributed by atoms with Crippen LogP contribution in [0.25, 0.3) is 0 Å². The number of carboxylic acids is 3. The zero-order valence-corrected chi connectivity index (χ0v) is 15.8. The van der Waals surface area contributed by atoms with E-state index in [0.717, 1.165) is 12.8 Å². The van der Waals surface area contributed by atoms with Gasteiger partial charge >= 0.3 is 11.9 Å². The molecule has 0 amide bonds. The summed E-state index contributed by atoms with van der Waals surface area (Å²) >= 11 is 0. The van der Waals surface area contributed by atoms with E-state index in [4.69, 9.17) is 10.2 Å². The van der Waals surface area contributed by atoms with E-state index >= 15 is 0 Å². The summed E-state index contributed by atoms with van der Waals surface area (Å²) < 4.78 is 0.138. The monoisotopic (exact) mass is 371 g/mol. The third-order valence-electron chi connectivity index (χ3n) is 4.52. The van der Waals surface area contributed by atoms with Crippen molar-refractivity contribution in [2.45, 2.75) is 64.7 Å². The van der Waals surface area contributed by atoms with Crippen LogP contribution in [0.5, 0.6) is 0 Å². The second-order valence-corrected chi connectivity index (χ2v) is 6.78. The number of rotatable bonds is 17. The van der Waals surface area contributed by atoms with Crippen molar-refractivity contribution in [1.82, 2.24) is 0 Å². The third kappa shape index (κ3) is 13.4. The molecular formula is C19H33NO6. The van der Waals surface area contributed by atoms with Gasteiger partial charge < -0.3 is 24.6 Å². The minimum atomic E-state index is -1.21. The van der Waals surface area contributed by atoms with E-state index < -0.39 is 17.9 Å². The first-order valence-corrected chi connectivity index (χ1v) is 9.45. The highest BCUT2D eigenvalue weighted by Crippen LogP contribution is 2.13. The van der Waals surface area contributed by atoms with Crippen molar-refractivity contribution < 1.29 is 34.2 Å². The number of carboxylic acid groups (broad SMARTS) is 3. The average Bonchev–Trinajstić information content (AvgIpc) is 2.57. The lowest BCUT2D eigenvalue weighted by atomic mass is 10.1. The fraction of sp³-hybridized carbons (Fsp3) is 0.737. The van der Waals surface area contributed by atoms with Crippen LogP contribution in [0.15, 0.2) is 12.2 Å². The maximum Gasteiger partial charge on any atom is 0.309 e. The van der Waals surface area contributed by atoms with Gasteiger partial charge in [-0.2, -0.15) is 0 Å². The summed E-state index contributed by atoms with van der Waals surface area (Å²) in [6, 6.07) is 0. The van der Waals surface area contributed by atoms with Crippen molar-refractivity contribution in [2.24, 2.45) is 0 Å². The zero-order chi connectivity index (χ0) is 19.8. The van der Waals surface area contributed by atoms with Crippen LogP contribution in [0.3, 0.4) is 0 Å². The van der Waals surface area contributed by atoms with Crippen molar-refractivity contribution in [1.29, 1.82) is 0 Å². The van der Waals surface area contributed by atoms with Crippen LogP contribution in [0.1, 0.15) is 64.7 Å². The standard InChI is InChI=1S/C19H33NO6/c1-2-3-4-5-6-7-8-9-13-20(14-10-17(21)22,15-11-18(23)24)16-12-19(25)26/h8-9H,2-7,10-16H2,1H3,(H2-,21,22,23,24,25,26)/b9-8+. The molecule has 0 heterocycles. The molecule has 0 aliphatic carbocycles. The number of hydrogen-bond acceptors (Lipinski definition) is 4. The second-order valence-electron chi connectivity index (χ2n) is 6.78. The Balaban J connectivity index is 4.78. The van der Waals surface area contributed by atoms with Crippen molar-refractivity contribution >= 4 is 17.9 Å². The van der Waals surface area contributed by atoms with Gasteiger partial charge in [-0.3, -0.25) is 9.59 Å². The molecule has 150 valence electrons. The molecule has 0 aromatic carbocycles. The van der Waals surface area contributed by atoms with Gasteiger partial charge in [0.15, 0.2) is 0 Å². The highest BCUT2D eigenvalue weighted by molar-refractivity contribution is 5.67. The topological polar surface area (TPSA) is 115 Å². The van der Waals surface area contributed by atoms with Crippen molar-refractivity contribution in [3.8, 4) is 0 Å². The Bertz CT molecular complexity index is 415. The molecule has 0 aliphatic rings. The molecule has 7 nitrogen and oxygen atoms in total. The number of carbonyl (C=O) groups is 3. The molecule has 0 spiro atoms. The van der Waals surface area contributed by atoms with E-state index in [1.54, 1.807) is 0 Å². The Morgan fingerprint density at radius 3 is 1.88 bits per heavy atom. The molecule has 0 saturated carbocycles. The first-order valence-electron chi connectivity index (χ1n) is 9.45. The zero-order valence-electron chi connectivity index (χ0n) is 15.8. The molecule has 2 N–H and O–H groups in total. The van der Waals surface area contributed by atoms with Gasteiger partial charge in [0, 0.05) is 12.4 Å². The van der Waals surface area contributed by atoms with Gasteiger partial charge in [0.05, 0.1) is 39.0 Å². The molecule has 0 atom stereocenters. The van der Waals surface area contributed by atoms with Gasteiger partial charge in [0.25, 0.3) is 0 Å². The van der Waals surface area contributed by atoms with Gasteiger partial charge in [-0.1, -0.05) is 38.7 Å². The van der Waals surface area contributed by atoms with Crippen LogP contribution >= 0.6 is 0 Å². The molecule has 0 radical (unpaired) electrons. The van der Waals surface area contributed by atoms with E-state index in [2.05, 4.69) is 6.92 Å². The summed E-state index contributed by atoms with van der Waals surface area (Å²) in [5.41, 5.74) is 0. The highest BCUT2D eigenvalue weighted by Gasteiger charge is 2.27. The van der Waals surface area contributed by atoms with Crippen LogP contribution in [0.2, 0.25) is 0 Å². The van der Waals surface area contributed by atoms with Gasteiger partial charge in [-0.15, -0.1) is 0 Å². The number of unbranched alkanes of at least 4 members (excludes halogenated alkanes) is 5. The minimum Gasteiger partial charge on any atom is -0.550 e. The van der Waals surface area contributed by atoms with Gasteiger partial charge in [0.1, 0.15) is 0 Å². The summed E-state index contributed by atoms with van der Waals surface area (Å²) in [6.45, 7) is 3.18. The highest BCUT2D eigenvalue weighted by atomic mass is 16.4. The summed E-state index contributed by atoms with van der Waals surface area (Å²) in [5.74, 6) is -3.16. The molecule has 0 rings (SSSR count). The van der Waals surface area contributed by atoms with Crippen LogP contribution in [-0.2, 0) is 14.4 Å². The number of quaternary nitrogens is 1. The van der Waals surface area contributed by atoms with Crippen molar-refractivity contribution in [3.63, 3.8) is 0 Å². The lowest BCUT2D eigenvalue weighted by Crippen LogP contribution is -2.52. The predicted octanol–water partition coefficient (Wildman–Crippen LogP) is 1.81. The molecule has 7 heteroatoms. The molecule has 0 bridgehead atoms. The lowest BCUT2D eigenvalue weighted by molar-refractivity contribution is -0.921. The second kappa shape index (κ2) is 14.3. The van der Waals surface area contributed by atoms with Crippen LogP contribution in [-0.4, -0.2) is 58.8 Å². The van der Waals surface area contributed by atoms with E-state index in [1.165, 1.54) is 25.7 Å². The molecule has 0 unspecified atom stereocenters. The fourth-order valence-corrected chi connectivity index (χ4v) is 2.89. The molecule has 0 saturated heterocycles. The number of nitrogens with zero attached hydrogens (tertiary/aromatic N) is 1. The first-order chi connectivity index (χ1) is 12.3. The quantitative estimate of drug-likeness (QED) is 0.229. The van der Waals surface area contributed by atoms with E-state index in [9.17, 15) is 19.5 Å². The summed E-state index contributed by atoms with van der Waals surface area (Å²) in [7, 11) is 0. The number of allylic oxidation sites excluding steroid dienone is 1. The van der Waals surface area contributed by atoms with Gasteiger partial charge in [-0.25, -0.2) is 0 Å². The number of aliphatic carboxylic acids is 3. The minimum absolute atomic E-state index is 0.127. The maximum atomic E-state index is 11.0. The Labute approximate surface area is 155 Å². The van der Waals surface area contributed by atoms with Crippen LogP contribution in [0, 0.1) is 0 Å². The van der Waals surface area contributed by atoms with E-state index in [0.29, 0.717) is 6.54 Å². The molecule has 0 fully saturated rings. The molecular weight excluding hydrogens is 338 g/mol. The van der Waals surface area contributed by atoms with Gasteiger partial charge in [-0.05, 0) is 18.9 Å². The van der Waals surface area contributed by atoms with Crippen molar-refractivity contribution in [2.75, 3.05) is 26.2 Å². The normalized spacial score (nSPS) is 11.7. The smallest absolute Gasteiger partial charge is 0.309 e. The molecule has 26 heavy (non-hydrogen) atoms. The maximum absolute atomic E-state index is 11.0. The first kappa shape index (κ1) is 24.1. The van der Waals surface area contributed by atoms with Crippen molar-refractivity contribution in [3.05, 3.63) is 12.2 Å². The number of carbonyl (C=O) groups excluding carboxylic acids is 1. The Hall–Kier alpha value is -1.89. The fourth-order valence-electron chi connectivity index (χ4n) is 2.89. The molecule has 0 aromatic heterocycles. The van der Waals surface area contributed by atoms with Crippen LogP contribution < -0.4 is 5.11 Å². The Kier molecular flexibility index (Phi) is 13.3. The summed E-state index contributed by atoms with van der Waals surface area (Å²) in [6.07, 6.45) is 10.3. The lowest BCUT2D eigenvalue weighted by Gasteiger charge is -2.37. The van der Waals surface area contributed by atoms with E-state index in [1.807, 2.05) is 12.2 Å². The van der Waals surface area contributed by atoms with Crippen LogP contribution in [0.4, 0.5) is 0 Å². The Morgan fingerprint density at radius 2 is 1.38 bits per heavy atom.